The lowest BCUT2D eigenvalue weighted by Crippen LogP contribution is -2.31. The molecule has 3 aromatic rings. The third-order valence-electron chi connectivity index (χ3n) is 6.52. The van der Waals surface area contributed by atoms with Crippen LogP contribution in [-0.4, -0.2) is 36.9 Å². The van der Waals surface area contributed by atoms with Gasteiger partial charge in [0.2, 0.25) is 0 Å². The number of amides is 2. The highest BCUT2D eigenvalue weighted by Crippen LogP contribution is 2.42. The van der Waals surface area contributed by atoms with Crippen LogP contribution >= 0.6 is 23.4 Å². The summed E-state index contributed by atoms with van der Waals surface area (Å²) in [6.07, 6.45) is 2.79. The first kappa shape index (κ1) is 22.8. The van der Waals surface area contributed by atoms with Gasteiger partial charge in [0.05, 0.1) is 10.6 Å². The van der Waals surface area contributed by atoms with E-state index in [1.165, 1.54) is 22.9 Å². The molecule has 0 saturated carbocycles. The monoisotopic (exact) mass is 488 g/mol. The third kappa shape index (κ3) is 4.38. The molecule has 1 atom stereocenters. The molecule has 6 heteroatoms. The Balaban J connectivity index is 1.35. The number of rotatable bonds is 3. The molecule has 34 heavy (non-hydrogen) atoms. The third-order valence-corrected chi connectivity index (χ3v) is 7.94. The largest absolute Gasteiger partial charge is 0.338 e. The van der Waals surface area contributed by atoms with E-state index in [1.54, 1.807) is 11.9 Å². The number of hydrogen-bond donors (Lipinski definition) is 0. The fourth-order valence-electron chi connectivity index (χ4n) is 4.50. The molecule has 1 saturated heterocycles. The molecule has 2 aliphatic rings. The number of fused-ring (bicyclic) bond motifs is 1. The summed E-state index contributed by atoms with van der Waals surface area (Å²) in [4.78, 5) is 31.4. The summed E-state index contributed by atoms with van der Waals surface area (Å²) in [6.45, 7) is 3.54. The van der Waals surface area contributed by atoms with Crippen molar-refractivity contribution < 1.29 is 9.59 Å². The second kappa shape index (κ2) is 9.32. The van der Waals surface area contributed by atoms with Crippen molar-refractivity contribution in [2.75, 3.05) is 25.0 Å². The number of nitrogens with zero attached hydrogens (tertiary/aromatic N) is 2. The Bertz CT molecular complexity index is 1300. The van der Waals surface area contributed by atoms with E-state index in [0.717, 1.165) is 29.1 Å². The van der Waals surface area contributed by atoms with Gasteiger partial charge < -0.3 is 9.80 Å². The summed E-state index contributed by atoms with van der Waals surface area (Å²) >= 11 is 7.69. The van der Waals surface area contributed by atoms with Crippen LogP contribution in [0.25, 0.3) is 6.08 Å². The standard InChI is InChI=1S/C28H25ClN2O2S/c1-18-7-9-19(10-8-18)22-13-14-31(17-22)27(32)21-11-12-25-24(15-21)30(2)28(33)26(34-25)16-20-5-3-4-6-23(20)29/h3-12,15-16,22H,13-14,17H2,1-2H3/b26-16+/t22-/m1/s1. The van der Waals surface area contributed by atoms with Crippen LogP contribution in [0.5, 0.6) is 0 Å². The summed E-state index contributed by atoms with van der Waals surface area (Å²) < 4.78 is 0. The number of carbonyl (C=O) groups is 2. The minimum absolute atomic E-state index is 0.0145. The molecule has 2 heterocycles. The van der Waals surface area contributed by atoms with Crippen molar-refractivity contribution >= 4 is 46.9 Å². The van der Waals surface area contributed by atoms with Crippen LogP contribution < -0.4 is 4.90 Å². The van der Waals surface area contributed by atoms with E-state index in [4.69, 9.17) is 11.6 Å². The molecule has 1 fully saturated rings. The van der Waals surface area contributed by atoms with Gasteiger partial charge in [-0.05, 0) is 54.8 Å². The maximum atomic E-state index is 13.3. The lowest BCUT2D eigenvalue weighted by Gasteiger charge is -2.28. The van der Waals surface area contributed by atoms with Crippen molar-refractivity contribution in [2.24, 2.45) is 0 Å². The van der Waals surface area contributed by atoms with Gasteiger partial charge in [0.25, 0.3) is 11.8 Å². The van der Waals surface area contributed by atoms with Gasteiger partial charge in [-0.15, -0.1) is 0 Å². The Morgan fingerprint density at radius 1 is 1.09 bits per heavy atom. The summed E-state index contributed by atoms with van der Waals surface area (Å²) in [5.74, 6) is 0.266. The number of carbonyl (C=O) groups excluding carboxylic acids is 2. The lowest BCUT2D eigenvalue weighted by molar-refractivity contribution is -0.114. The highest BCUT2D eigenvalue weighted by molar-refractivity contribution is 8.04. The van der Waals surface area contributed by atoms with Gasteiger partial charge >= 0.3 is 0 Å². The number of aryl methyl sites for hydroxylation is 1. The number of benzene rings is 3. The number of halogens is 1. The predicted molar refractivity (Wildman–Crippen MR) is 140 cm³/mol. The molecule has 2 amide bonds. The topological polar surface area (TPSA) is 40.6 Å². The lowest BCUT2D eigenvalue weighted by atomic mass is 9.97. The number of likely N-dealkylation sites (tertiary alicyclic amines) is 1. The molecular formula is C28H25ClN2O2S. The van der Waals surface area contributed by atoms with Crippen LogP contribution in [0.1, 0.15) is 39.4 Å². The van der Waals surface area contributed by atoms with E-state index in [1.807, 2.05) is 53.4 Å². The van der Waals surface area contributed by atoms with Crippen molar-refractivity contribution in [1.29, 1.82) is 0 Å². The van der Waals surface area contributed by atoms with Gasteiger partial charge in [-0.1, -0.05) is 71.4 Å². The van der Waals surface area contributed by atoms with E-state index < -0.39 is 0 Å². The Labute approximate surface area is 209 Å². The molecule has 0 bridgehead atoms. The molecule has 0 unspecified atom stereocenters. The zero-order valence-electron chi connectivity index (χ0n) is 19.1. The summed E-state index contributed by atoms with van der Waals surface area (Å²) in [5.41, 5.74) is 4.70. The second-order valence-corrected chi connectivity index (χ2v) is 10.3. The second-order valence-electron chi connectivity index (χ2n) is 8.83. The number of hydrogen-bond acceptors (Lipinski definition) is 3. The molecule has 172 valence electrons. The molecular weight excluding hydrogens is 464 g/mol. The fourth-order valence-corrected chi connectivity index (χ4v) is 5.77. The molecule has 0 radical (unpaired) electrons. The average Bonchev–Trinajstić information content (AvgIpc) is 3.34. The zero-order chi connectivity index (χ0) is 23.8. The van der Waals surface area contributed by atoms with E-state index in [2.05, 4.69) is 31.2 Å². The minimum Gasteiger partial charge on any atom is -0.338 e. The highest BCUT2D eigenvalue weighted by Gasteiger charge is 2.31. The van der Waals surface area contributed by atoms with Crippen LogP contribution in [-0.2, 0) is 4.79 Å². The van der Waals surface area contributed by atoms with E-state index >= 15 is 0 Å². The van der Waals surface area contributed by atoms with E-state index in [-0.39, 0.29) is 11.8 Å². The van der Waals surface area contributed by atoms with Gasteiger partial charge in [-0.2, -0.15) is 0 Å². The van der Waals surface area contributed by atoms with Crippen LogP contribution in [0, 0.1) is 6.92 Å². The van der Waals surface area contributed by atoms with Crippen LogP contribution in [0.3, 0.4) is 0 Å². The van der Waals surface area contributed by atoms with Gasteiger partial charge in [0, 0.05) is 41.5 Å². The van der Waals surface area contributed by atoms with E-state index in [9.17, 15) is 9.59 Å². The predicted octanol–water partition coefficient (Wildman–Crippen LogP) is 6.39. The number of anilines is 1. The summed E-state index contributed by atoms with van der Waals surface area (Å²) in [5, 5.41) is 0.604. The smallest absolute Gasteiger partial charge is 0.264 e. The van der Waals surface area contributed by atoms with Crippen molar-refractivity contribution in [2.45, 2.75) is 24.2 Å². The Kier molecular flexibility index (Phi) is 6.24. The summed E-state index contributed by atoms with van der Waals surface area (Å²) in [6, 6.07) is 21.7. The van der Waals surface area contributed by atoms with Gasteiger partial charge in [0.15, 0.2) is 0 Å². The van der Waals surface area contributed by atoms with Crippen molar-refractivity contribution in [3.05, 3.63) is 98.9 Å². The van der Waals surface area contributed by atoms with Crippen molar-refractivity contribution in [3.8, 4) is 0 Å². The number of thioether (sulfide) groups is 1. The van der Waals surface area contributed by atoms with Gasteiger partial charge in [0.1, 0.15) is 0 Å². The van der Waals surface area contributed by atoms with Crippen LogP contribution in [0.2, 0.25) is 5.02 Å². The van der Waals surface area contributed by atoms with Crippen LogP contribution in [0.4, 0.5) is 5.69 Å². The fraction of sp³-hybridized carbons (Fsp3) is 0.214. The first-order valence-electron chi connectivity index (χ1n) is 11.3. The first-order valence-corrected chi connectivity index (χ1v) is 12.5. The molecule has 3 aromatic carbocycles. The van der Waals surface area contributed by atoms with Crippen LogP contribution in [0.15, 0.2) is 76.5 Å². The quantitative estimate of drug-likeness (QED) is 0.401. The maximum absolute atomic E-state index is 13.3. The molecule has 5 rings (SSSR count). The molecule has 0 aromatic heterocycles. The molecule has 4 nitrogen and oxygen atoms in total. The zero-order valence-corrected chi connectivity index (χ0v) is 20.7. The Morgan fingerprint density at radius 2 is 1.85 bits per heavy atom. The molecule has 2 aliphatic heterocycles. The molecule has 0 N–H and O–H groups in total. The minimum atomic E-state index is -0.109. The Morgan fingerprint density at radius 3 is 2.62 bits per heavy atom. The first-order chi connectivity index (χ1) is 16.4. The SMILES string of the molecule is Cc1ccc([C@@H]2CCN(C(=O)c3ccc4c(c3)N(C)C(=O)/C(=C\c3ccccc3Cl)S4)C2)cc1. The van der Waals surface area contributed by atoms with Gasteiger partial charge in [-0.3, -0.25) is 9.59 Å². The van der Waals surface area contributed by atoms with E-state index in [0.29, 0.717) is 28.0 Å². The molecule has 0 spiro atoms. The van der Waals surface area contributed by atoms with Crippen molar-refractivity contribution in [1.82, 2.24) is 4.90 Å². The summed E-state index contributed by atoms with van der Waals surface area (Å²) in [7, 11) is 1.75. The number of likely N-dealkylation sites (N-methyl/N-ethyl adjacent to an activating group) is 1. The van der Waals surface area contributed by atoms with Crippen molar-refractivity contribution in [3.63, 3.8) is 0 Å². The Hall–Kier alpha value is -3.02. The molecule has 0 aliphatic carbocycles. The van der Waals surface area contributed by atoms with Gasteiger partial charge in [-0.25, -0.2) is 0 Å². The highest BCUT2D eigenvalue weighted by atomic mass is 35.5. The normalized spacial score (nSPS) is 19.0. The maximum Gasteiger partial charge on any atom is 0.264 e. The average molecular weight is 489 g/mol.